The Morgan fingerprint density at radius 1 is 1.11 bits per heavy atom. The van der Waals surface area contributed by atoms with E-state index in [-0.39, 0.29) is 50.2 Å². The van der Waals surface area contributed by atoms with Gasteiger partial charge in [0.15, 0.2) is 5.78 Å². The Kier molecular flexibility index (Phi) is 2.56. The van der Waals surface area contributed by atoms with Gasteiger partial charge in [-0.2, -0.15) is 0 Å². The Balaban J connectivity index is 1.88. The number of ketones is 1. The van der Waals surface area contributed by atoms with Crippen molar-refractivity contribution in [3.8, 4) is 0 Å². The van der Waals surface area contributed by atoms with Crippen molar-refractivity contribution in [2.24, 2.45) is 34.5 Å². The summed E-state index contributed by atoms with van der Waals surface area (Å²) in [5.74, 6) is -2.84. The predicted octanol–water partition coefficient (Wildman–Crippen LogP) is 5.48. The first-order chi connectivity index (χ1) is 16.4. The molecule has 27 heavy (non-hydrogen) atoms. The van der Waals surface area contributed by atoms with E-state index in [1.165, 1.54) is 6.08 Å². The zero-order valence-electron chi connectivity index (χ0n) is 25.3. The number of hydrogen-bond donors (Lipinski definition) is 0. The number of allylic oxidation sites excluding steroid dienone is 1. The molecule has 150 valence electrons. The first-order valence-electron chi connectivity index (χ1n) is 14.8. The Morgan fingerprint density at radius 2 is 1.93 bits per heavy atom. The summed E-state index contributed by atoms with van der Waals surface area (Å²) in [6.07, 6.45) is 2.92. The summed E-state index contributed by atoms with van der Waals surface area (Å²) in [6.45, 7) is -4.82. The maximum absolute atomic E-state index is 12.8. The van der Waals surface area contributed by atoms with Crippen molar-refractivity contribution in [2.75, 3.05) is 0 Å². The van der Waals surface area contributed by atoms with E-state index >= 15 is 0 Å². The molecule has 0 bridgehead atoms. The Bertz CT molecular complexity index is 963. The van der Waals surface area contributed by atoms with Gasteiger partial charge in [-0.15, -0.1) is 0 Å². The van der Waals surface area contributed by atoms with Crippen LogP contribution in [0.5, 0.6) is 0 Å². The lowest BCUT2D eigenvalue weighted by Gasteiger charge is -2.59. The number of hydrogen-bond acceptors (Lipinski definition) is 3. The van der Waals surface area contributed by atoms with E-state index in [0.717, 1.165) is 0 Å². The summed E-state index contributed by atoms with van der Waals surface area (Å²) in [5.41, 5.74) is -4.57. The largest absolute Gasteiger partial charge is 0.459 e. The average Bonchev–Trinajstić information content (AvgIpc) is 3.09. The van der Waals surface area contributed by atoms with Gasteiger partial charge in [-0.25, -0.2) is 0 Å². The third-order valence-corrected chi connectivity index (χ3v) is 7.84. The van der Waals surface area contributed by atoms with Crippen LogP contribution in [0.4, 0.5) is 0 Å². The number of carbonyl (C=O) groups excluding carboxylic acids is 2. The van der Waals surface area contributed by atoms with Crippen LogP contribution in [-0.4, -0.2) is 17.4 Å². The highest BCUT2D eigenvalue weighted by molar-refractivity contribution is 5.91. The van der Waals surface area contributed by atoms with Crippen LogP contribution < -0.4 is 0 Å². The monoisotopic (exact) mass is 381 g/mol. The second-order valence-corrected chi connectivity index (χ2v) is 9.47. The van der Waals surface area contributed by atoms with Crippen molar-refractivity contribution in [3.63, 3.8) is 0 Å². The fourth-order valence-corrected chi connectivity index (χ4v) is 6.34. The summed E-state index contributed by atoms with van der Waals surface area (Å²) >= 11 is 0. The Labute approximate surface area is 177 Å². The van der Waals surface area contributed by atoms with Gasteiger partial charge in [0.05, 0.1) is 5.92 Å². The summed E-state index contributed by atoms with van der Waals surface area (Å²) in [4.78, 5) is 25.0. The fraction of sp³-hybridized carbons (Fsp3) is 0.833. The minimum absolute atomic E-state index is 0.0713. The summed E-state index contributed by atoms with van der Waals surface area (Å²) in [6, 6.07) is 0. The molecule has 0 saturated heterocycles. The topological polar surface area (TPSA) is 43.4 Å². The lowest BCUT2D eigenvalue weighted by atomic mass is 9.46. The molecule has 0 aromatic heterocycles. The van der Waals surface area contributed by atoms with Crippen LogP contribution in [0.25, 0.3) is 0 Å². The second kappa shape index (κ2) is 6.19. The molecule has 0 radical (unpaired) electrons. The van der Waals surface area contributed by atoms with Crippen LogP contribution in [0.3, 0.4) is 0 Å². The molecule has 3 fully saturated rings. The molecule has 4 aliphatic carbocycles. The van der Waals surface area contributed by atoms with E-state index in [0.29, 0.717) is 18.4 Å². The lowest BCUT2D eigenvalue weighted by Crippen LogP contribution is -2.55. The molecule has 0 N–H and O–H groups in total. The summed E-state index contributed by atoms with van der Waals surface area (Å²) in [7, 11) is 0. The molecule has 0 aliphatic heterocycles. The molecule has 3 heteroatoms. The average molecular weight is 382 g/mol. The fourth-order valence-electron chi connectivity index (χ4n) is 6.34. The van der Waals surface area contributed by atoms with Gasteiger partial charge in [0.1, 0.15) is 5.60 Å². The van der Waals surface area contributed by atoms with Crippen molar-refractivity contribution in [3.05, 3.63) is 11.6 Å². The zero-order valence-corrected chi connectivity index (χ0v) is 16.3. The quantitative estimate of drug-likeness (QED) is 0.595. The highest BCUT2D eigenvalue weighted by Crippen LogP contribution is 2.68. The molecular weight excluding hydrogens is 336 g/mol. The molecule has 0 aromatic carbocycles. The smallest absolute Gasteiger partial charge is 0.308 e. The van der Waals surface area contributed by atoms with Crippen molar-refractivity contribution in [1.29, 1.82) is 0 Å². The molecule has 0 amide bonds. The highest BCUT2D eigenvalue weighted by Gasteiger charge is 2.64. The number of rotatable bonds is 2. The van der Waals surface area contributed by atoms with Crippen molar-refractivity contribution in [2.45, 2.75) is 91.4 Å². The third-order valence-electron chi connectivity index (χ3n) is 7.84. The van der Waals surface area contributed by atoms with E-state index in [2.05, 4.69) is 0 Å². The molecule has 0 aromatic rings. The molecule has 6 atom stereocenters. The van der Waals surface area contributed by atoms with Crippen LogP contribution in [0.1, 0.15) is 98.1 Å². The standard InChI is InChI=1S/C24H36O3/c1-15(2)21(26)27-24(5)13-10-20-18-7-6-16-14-17(25)8-11-22(16,3)19(18)9-12-23(20,24)4/h14-15,18-20H,6-13H2,1-5H3/t18-,19+,20+,22+,23+,24+/m1/s1/i3D3,4D3,5D3. The van der Waals surface area contributed by atoms with Crippen molar-refractivity contribution >= 4 is 11.8 Å². The predicted molar refractivity (Wildman–Crippen MR) is 106 cm³/mol. The van der Waals surface area contributed by atoms with Gasteiger partial charge >= 0.3 is 5.97 Å². The van der Waals surface area contributed by atoms with Crippen molar-refractivity contribution in [1.82, 2.24) is 0 Å². The normalized spacial score (nSPS) is 52.7. The van der Waals surface area contributed by atoms with E-state index < -0.39 is 60.7 Å². The van der Waals surface area contributed by atoms with Crippen LogP contribution >= 0.6 is 0 Å². The summed E-state index contributed by atoms with van der Waals surface area (Å²) in [5, 5.41) is 0. The molecule has 3 nitrogen and oxygen atoms in total. The molecule has 0 heterocycles. The Morgan fingerprint density at radius 3 is 2.63 bits per heavy atom. The molecule has 0 spiro atoms. The minimum Gasteiger partial charge on any atom is -0.459 e. The molecule has 3 saturated carbocycles. The molecule has 0 unspecified atom stereocenters. The van der Waals surface area contributed by atoms with Crippen LogP contribution in [-0.2, 0) is 14.3 Å². The summed E-state index contributed by atoms with van der Waals surface area (Å²) < 4.78 is 82.6. The maximum atomic E-state index is 12.8. The van der Waals surface area contributed by atoms with Gasteiger partial charge in [0.25, 0.3) is 0 Å². The van der Waals surface area contributed by atoms with Gasteiger partial charge in [0.2, 0.25) is 0 Å². The highest BCUT2D eigenvalue weighted by atomic mass is 16.6. The molecule has 4 aliphatic rings. The van der Waals surface area contributed by atoms with Crippen LogP contribution in [0.2, 0.25) is 0 Å². The van der Waals surface area contributed by atoms with Gasteiger partial charge in [-0.3, -0.25) is 9.59 Å². The van der Waals surface area contributed by atoms with Gasteiger partial charge in [-0.05, 0) is 81.0 Å². The minimum atomic E-state index is -2.87. The third kappa shape index (κ3) is 2.67. The lowest BCUT2D eigenvalue weighted by molar-refractivity contribution is -0.183. The first kappa shape index (κ1) is 11.2. The van der Waals surface area contributed by atoms with Crippen LogP contribution in [0.15, 0.2) is 11.6 Å². The number of ether oxygens (including phenoxy) is 1. The maximum Gasteiger partial charge on any atom is 0.308 e. The Hall–Kier alpha value is -1.12. The van der Waals surface area contributed by atoms with Crippen LogP contribution in [0, 0.1) is 34.5 Å². The van der Waals surface area contributed by atoms with E-state index in [9.17, 15) is 9.59 Å². The van der Waals surface area contributed by atoms with Crippen molar-refractivity contribution < 1.29 is 26.7 Å². The van der Waals surface area contributed by atoms with E-state index in [1.54, 1.807) is 13.8 Å². The van der Waals surface area contributed by atoms with Gasteiger partial charge in [0, 0.05) is 24.2 Å². The number of esters is 1. The molecule has 4 rings (SSSR count). The van der Waals surface area contributed by atoms with Gasteiger partial charge in [-0.1, -0.05) is 33.1 Å². The zero-order chi connectivity index (χ0) is 27.1. The van der Waals surface area contributed by atoms with Gasteiger partial charge < -0.3 is 4.74 Å². The second-order valence-electron chi connectivity index (χ2n) is 9.47. The number of fused-ring (bicyclic) bond motifs is 5. The first-order valence-corrected chi connectivity index (χ1v) is 10.3. The number of carbonyl (C=O) groups is 2. The van der Waals surface area contributed by atoms with E-state index in [1.807, 2.05) is 0 Å². The molecular formula is C24H36O3. The SMILES string of the molecule is [2H]C([2H])([2H])[C@]12CC[C@H]3[C@@H](CCC4=CC(=O)CC[C@@]43C([2H])([2H])[2H])[C@@H]1CC[C@@]2(OC(=O)C(C)C)C([2H])([2H])[2H]. The van der Waals surface area contributed by atoms with E-state index in [4.69, 9.17) is 17.1 Å².